The molecule has 1 aromatic carbocycles. The van der Waals surface area contributed by atoms with Crippen LogP contribution in [0.3, 0.4) is 0 Å². The van der Waals surface area contributed by atoms with Crippen LogP contribution < -0.4 is 10.6 Å². The van der Waals surface area contributed by atoms with Crippen molar-refractivity contribution in [2.24, 2.45) is 4.99 Å². The Morgan fingerprint density at radius 3 is 2.54 bits per heavy atom. The topological polar surface area (TPSA) is 52.8 Å². The maximum Gasteiger partial charge on any atom is 0.401 e. The molecule has 1 heterocycles. The van der Waals surface area contributed by atoms with E-state index in [9.17, 15) is 13.2 Å². The van der Waals surface area contributed by atoms with Crippen LogP contribution in [0.4, 0.5) is 13.2 Å². The third kappa shape index (κ3) is 6.67. The molecule has 0 aliphatic carbocycles. The van der Waals surface area contributed by atoms with Crippen molar-refractivity contribution in [1.29, 1.82) is 0 Å². The van der Waals surface area contributed by atoms with Crippen LogP contribution in [0.15, 0.2) is 33.7 Å². The molecule has 0 saturated carbocycles. The fourth-order valence-corrected chi connectivity index (χ4v) is 2.53. The molecule has 0 aliphatic heterocycles. The smallest absolute Gasteiger partial charge is 0.401 e. The van der Waals surface area contributed by atoms with Gasteiger partial charge in [-0.2, -0.15) is 13.2 Å². The Morgan fingerprint density at radius 1 is 1.23 bits per heavy atom. The SMILES string of the molecule is CN=C(NCCN(C)CC(F)(F)F)NCc1oc2ccccc2c1C.I. The van der Waals surface area contributed by atoms with Gasteiger partial charge in [0.05, 0.1) is 13.1 Å². The Hall–Kier alpha value is -1.49. The molecule has 0 unspecified atom stereocenters. The number of para-hydroxylation sites is 1. The summed E-state index contributed by atoms with van der Waals surface area (Å²) in [5, 5.41) is 7.18. The highest BCUT2D eigenvalue weighted by atomic mass is 127. The zero-order chi connectivity index (χ0) is 18.4. The van der Waals surface area contributed by atoms with Crippen molar-refractivity contribution in [1.82, 2.24) is 15.5 Å². The first-order valence-corrected chi connectivity index (χ1v) is 7.97. The van der Waals surface area contributed by atoms with Gasteiger partial charge in [-0.1, -0.05) is 18.2 Å². The summed E-state index contributed by atoms with van der Waals surface area (Å²) in [7, 11) is 3.05. The standard InChI is InChI=1S/C17H23F3N4O.HI/c1-12-13-6-4-5-7-14(13)25-15(12)10-23-16(21-2)22-8-9-24(3)11-17(18,19)20;/h4-7H,8-11H2,1-3H3,(H2,21,22,23);1H. The molecule has 0 aliphatic rings. The Bertz CT molecular complexity index is 730. The number of furan rings is 1. The van der Waals surface area contributed by atoms with Crippen LogP contribution in [-0.4, -0.2) is 50.8 Å². The Labute approximate surface area is 168 Å². The lowest BCUT2D eigenvalue weighted by molar-refractivity contribution is -0.142. The maximum atomic E-state index is 12.3. The normalized spacial score (nSPS) is 12.3. The molecule has 2 aromatic rings. The van der Waals surface area contributed by atoms with Gasteiger partial charge in [0.1, 0.15) is 11.3 Å². The van der Waals surface area contributed by atoms with E-state index in [1.54, 1.807) is 7.05 Å². The first-order valence-electron chi connectivity index (χ1n) is 7.97. The molecule has 5 nitrogen and oxygen atoms in total. The number of benzene rings is 1. The molecule has 0 amide bonds. The number of nitrogens with zero attached hydrogens (tertiary/aromatic N) is 2. The molecular weight excluding hydrogens is 460 g/mol. The van der Waals surface area contributed by atoms with E-state index in [1.807, 2.05) is 31.2 Å². The second-order valence-corrected chi connectivity index (χ2v) is 5.85. The summed E-state index contributed by atoms with van der Waals surface area (Å²) in [4.78, 5) is 5.28. The lowest BCUT2D eigenvalue weighted by Gasteiger charge is -2.19. The van der Waals surface area contributed by atoms with Gasteiger partial charge in [0.25, 0.3) is 0 Å². The summed E-state index contributed by atoms with van der Waals surface area (Å²) in [5.74, 6) is 1.32. The third-order valence-electron chi connectivity index (χ3n) is 3.82. The van der Waals surface area contributed by atoms with E-state index >= 15 is 0 Å². The molecule has 0 radical (unpaired) electrons. The first kappa shape index (κ1) is 22.6. The number of likely N-dealkylation sites (N-methyl/N-ethyl adjacent to an activating group) is 1. The highest BCUT2D eigenvalue weighted by molar-refractivity contribution is 14.0. The van der Waals surface area contributed by atoms with Gasteiger partial charge >= 0.3 is 6.18 Å². The van der Waals surface area contributed by atoms with Crippen LogP contribution >= 0.6 is 24.0 Å². The van der Waals surface area contributed by atoms with E-state index in [2.05, 4.69) is 15.6 Å². The molecule has 2 rings (SSSR count). The summed E-state index contributed by atoms with van der Waals surface area (Å²) in [6.45, 7) is 2.11. The molecule has 0 spiro atoms. The number of alkyl halides is 3. The monoisotopic (exact) mass is 484 g/mol. The minimum Gasteiger partial charge on any atom is -0.459 e. The number of hydrogen-bond acceptors (Lipinski definition) is 3. The van der Waals surface area contributed by atoms with Crippen molar-refractivity contribution in [2.75, 3.05) is 33.7 Å². The van der Waals surface area contributed by atoms with Crippen molar-refractivity contribution in [3.63, 3.8) is 0 Å². The molecule has 26 heavy (non-hydrogen) atoms. The van der Waals surface area contributed by atoms with Gasteiger partial charge in [0.15, 0.2) is 5.96 Å². The Kier molecular flexibility index (Phi) is 8.68. The van der Waals surface area contributed by atoms with E-state index in [4.69, 9.17) is 4.42 Å². The summed E-state index contributed by atoms with van der Waals surface area (Å²) in [6, 6.07) is 7.79. The van der Waals surface area contributed by atoms with Gasteiger partial charge in [-0.15, -0.1) is 24.0 Å². The van der Waals surface area contributed by atoms with E-state index in [1.165, 1.54) is 11.9 Å². The maximum absolute atomic E-state index is 12.3. The van der Waals surface area contributed by atoms with E-state index in [0.29, 0.717) is 19.0 Å². The number of rotatable bonds is 6. The van der Waals surface area contributed by atoms with Crippen LogP contribution in [0.2, 0.25) is 0 Å². The second-order valence-electron chi connectivity index (χ2n) is 5.85. The fraction of sp³-hybridized carbons (Fsp3) is 0.471. The second kappa shape index (κ2) is 10.0. The molecule has 0 bridgehead atoms. The zero-order valence-electron chi connectivity index (χ0n) is 15.0. The van der Waals surface area contributed by atoms with Crippen LogP contribution in [0.5, 0.6) is 0 Å². The zero-order valence-corrected chi connectivity index (χ0v) is 17.3. The number of halogens is 4. The van der Waals surface area contributed by atoms with Crippen molar-refractivity contribution in [2.45, 2.75) is 19.6 Å². The minimum absolute atomic E-state index is 0. The quantitative estimate of drug-likeness (QED) is 0.375. The van der Waals surface area contributed by atoms with Gasteiger partial charge in [-0.25, -0.2) is 0 Å². The number of fused-ring (bicyclic) bond motifs is 1. The molecule has 9 heteroatoms. The molecule has 0 fully saturated rings. The number of aliphatic imine (C=N–C) groups is 1. The summed E-state index contributed by atoms with van der Waals surface area (Å²) in [6.07, 6.45) is -4.19. The Balaban J connectivity index is 0.00000338. The predicted octanol–water partition coefficient (Wildman–Crippen LogP) is 3.52. The van der Waals surface area contributed by atoms with Gasteiger partial charge in [0, 0.05) is 31.1 Å². The lowest BCUT2D eigenvalue weighted by atomic mass is 10.1. The van der Waals surface area contributed by atoms with E-state index in [0.717, 1.165) is 22.3 Å². The fourth-order valence-electron chi connectivity index (χ4n) is 2.53. The van der Waals surface area contributed by atoms with Gasteiger partial charge in [-0.3, -0.25) is 9.89 Å². The third-order valence-corrected chi connectivity index (χ3v) is 3.82. The molecule has 1 aromatic heterocycles. The van der Waals surface area contributed by atoms with Crippen molar-refractivity contribution >= 4 is 40.9 Å². The van der Waals surface area contributed by atoms with Gasteiger partial charge < -0.3 is 15.1 Å². The summed E-state index contributed by atoms with van der Waals surface area (Å²) >= 11 is 0. The van der Waals surface area contributed by atoms with E-state index in [-0.39, 0.29) is 30.5 Å². The first-order chi connectivity index (χ1) is 11.8. The number of aryl methyl sites for hydroxylation is 1. The van der Waals surface area contributed by atoms with Crippen LogP contribution in [0.25, 0.3) is 11.0 Å². The average Bonchev–Trinajstić information content (AvgIpc) is 2.85. The molecule has 0 atom stereocenters. The molecular formula is C17H24F3IN4O. The van der Waals surface area contributed by atoms with Crippen molar-refractivity contribution in [3.8, 4) is 0 Å². The van der Waals surface area contributed by atoms with Crippen LogP contribution in [0, 0.1) is 6.92 Å². The van der Waals surface area contributed by atoms with Gasteiger partial charge in [-0.05, 0) is 20.0 Å². The molecule has 2 N–H and O–H groups in total. The minimum atomic E-state index is -4.19. The van der Waals surface area contributed by atoms with E-state index < -0.39 is 12.7 Å². The number of nitrogens with one attached hydrogen (secondary N) is 2. The highest BCUT2D eigenvalue weighted by Crippen LogP contribution is 2.24. The summed E-state index contributed by atoms with van der Waals surface area (Å²) in [5.41, 5.74) is 1.89. The predicted molar refractivity (Wildman–Crippen MR) is 108 cm³/mol. The average molecular weight is 484 g/mol. The molecule has 146 valence electrons. The largest absolute Gasteiger partial charge is 0.459 e. The lowest BCUT2D eigenvalue weighted by Crippen LogP contribution is -2.42. The number of guanidine groups is 1. The van der Waals surface area contributed by atoms with Crippen molar-refractivity contribution < 1.29 is 17.6 Å². The van der Waals surface area contributed by atoms with Crippen molar-refractivity contribution in [3.05, 3.63) is 35.6 Å². The highest BCUT2D eigenvalue weighted by Gasteiger charge is 2.28. The van der Waals surface area contributed by atoms with Crippen LogP contribution in [0.1, 0.15) is 11.3 Å². The molecule has 0 saturated heterocycles. The summed E-state index contributed by atoms with van der Waals surface area (Å²) < 4.78 is 42.7. The Morgan fingerprint density at radius 2 is 1.92 bits per heavy atom. The number of hydrogen-bond donors (Lipinski definition) is 2. The van der Waals surface area contributed by atoms with Crippen LogP contribution in [-0.2, 0) is 6.54 Å². The van der Waals surface area contributed by atoms with Gasteiger partial charge in [0.2, 0.25) is 0 Å².